The van der Waals surface area contributed by atoms with Crippen LogP contribution in [0.3, 0.4) is 0 Å². The van der Waals surface area contributed by atoms with Crippen molar-refractivity contribution in [1.29, 1.82) is 5.26 Å². The van der Waals surface area contributed by atoms with Crippen LogP contribution in [0.25, 0.3) is 0 Å². The van der Waals surface area contributed by atoms with E-state index in [1.165, 1.54) is 0 Å². The second kappa shape index (κ2) is 5.01. The van der Waals surface area contributed by atoms with Gasteiger partial charge in [-0.1, -0.05) is 6.07 Å². The first kappa shape index (κ1) is 11.1. The van der Waals surface area contributed by atoms with Crippen LogP contribution in [-0.4, -0.2) is 24.5 Å². The van der Waals surface area contributed by atoms with Gasteiger partial charge in [-0.05, 0) is 25.1 Å². The van der Waals surface area contributed by atoms with Gasteiger partial charge in [-0.15, -0.1) is 0 Å². The molecule has 1 aromatic carbocycles. The highest BCUT2D eigenvalue weighted by Gasteiger charge is 2.05. The molecule has 1 rings (SSSR count). The van der Waals surface area contributed by atoms with Crippen molar-refractivity contribution in [3.63, 3.8) is 0 Å². The zero-order valence-corrected chi connectivity index (χ0v) is 8.82. The number of amides is 2. The topological polar surface area (TPSA) is 56.1 Å². The standard InChI is InChI=1S/C11H13N3O/c1-3-14(2)11(15)13-10-6-4-5-9(7-10)8-12/h4-7H,3H2,1-2H3,(H,13,15). The molecule has 0 bridgehead atoms. The summed E-state index contributed by atoms with van der Waals surface area (Å²) in [4.78, 5) is 13.0. The lowest BCUT2D eigenvalue weighted by Gasteiger charge is -2.15. The summed E-state index contributed by atoms with van der Waals surface area (Å²) in [7, 11) is 1.71. The molecule has 0 atom stereocenters. The predicted octanol–water partition coefficient (Wildman–Crippen LogP) is 2.04. The third kappa shape index (κ3) is 2.99. The second-order valence-electron chi connectivity index (χ2n) is 3.14. The second-order valence-corrected chi connectivity index (χ2v) is 3.14. The van der Waals surface area contributed by atoms with Gasteiger partial charge in [-0.2, -0.15) is 5.26 Å². The highest BCUT2D eigenvalue weighted by atomic mass is 16.2. The molecule has 2 amide bonds. The minimum atomic E-state index is -0.174. The number of rotatable bonds is 2. The number of nitriles is 1. The Morgan fingerprint density at radius 2 is 2.33 bits per heavy atom. The van der Waals surface area contributed by atoms with Gasteiger partial charge in [0.15, 0.2) is 0 Å². The summed E-state index contributed by atoms with van der Waals surface area (Å²) in [6, 6.07) is 8.67. The SMILES string of the molecule is CCN(C)C(=O)Nc1cccc(C#N)c1. The first-order valence-corrected chi connectivity index (χ1v) is 4.69. The van der Waals surface area contributed by atoms with Crippen molar-refractivity contribution in [3.8, 4) is 6.07 Å². The van der Waals surface area contributed by atoms with Crippen molar-refractivity contribution < 1.29 is 4.79 Å². The molecule has 0 unspecified atom stereocenters. The molecular formula is C11H13N3O. The van der Waals surface area contributed by atoms with Crippen LogP contribution in [0.5, 0.6) is 0 Å². The molecule has 15 heavy (non-hydrogen) atoms. The fourth-order valence-electron chi connectivity index (χ4n) is 1.03. The smallest absolute Gasteiger partial charge is 0.321 e. The Morgan fingerprint density at radius 3 is 2.93 bits per heavy atom. The maximum atomic E-state index is 11.5. The Bertz CT molecular complexity index is 395. The molecule has 1 N–H and O–H groups in total. The summed E-state index contributed by atoms with van der Waals surface area (Å²) in [5.74, 6) is 0. The van der Waals surface area contributed by atoms with Crippen LogP contribution in [0.2, 0.25) is 0 Å². The third-order valence-corrected chi connectivity index (χ3v) is 2.06. The van der Waals surface area contributed by atoms with Crippen LogP contribution in [0.1, 0.15) is 12.5 Å². The van der Waals surface area contributed by atoms with E-state index in [0.717, 1.165) is 0 Å². The minimum absolute atomic E-state index is 0.174. The summed E-state index contributed by atoms with van der Waals surface area (Å²) in [5, 5.41) is 11.4. The van der Waals surface area contributed by atoms with E-state index in [0.29, 0.717) is 17.8 Å². The molecule has 0 aliphatic carbocycles. The number of nitrogens with zero attached hydrogens (tertiary/aromatic N) is 2. The largest absolute Gasteiger partial charge is 0.328 e. The molecular weight excluding hydrogens is 190 g/mol. The minimum Gasteiger partial charge on any atom is -0.328 e. The first-order chi connectivity index (χ1) is 7.17. The lowest BCUT2D eigenvalue weighted by Crippen LogP contribution is -2.30. The fourth-order valence-corrected chi connectivity index (χ4v) is 1.03. The summed E-state index contributed by atoms with van der Waals surface area (Å²) in [5.41, 5.74) is 1.17. The van der Waals surface area contributed by atoms with E-state index in [1.54, 1.807) is 36.2 Å². The number of nitrogens with one attached hydrogen (secondary N) is 1. The molecule has 0 radical (unpaired) electrons. The van der Waals surface area contributed by atoms with Crippen molar-refractivity contribution in [2.75, 3.05) is 18.9 Å². The van der Waals surface area contributed by atoms with Gasteiger partial charge in [0.2, 0.25) is 0 Å². The summed E-state index contributed by atoms with van der Waals surface area (Å²) < 4.78 is 0. The summed E-state index contributed by atoms with van der Waals surface area (Å²) in [6.07, 6.45) is 0. The van der Waals surface area contributed by atoms with Crippen molar-refractivity contribution in [1.82, 2.24) is 4.90 Å². The first-order valence-electron chi connectivity index (χ1n) is 4.69. The zero-order chi connectivity index (χ0) is 11.3. The Morgan fingerprint density at radius 1 is 1.60 bits per heavy atom. The Kier molecular flexibility index (Phi) is 3.69. The maximum absolute atomic E-state index is 11.5. The van der Waals surface area contributed by atoms with Gasteiger partial charge >= 0.3 is 6.03 Å². The number of urea groups is 1. The molecule has 4 heteroatoms. The van der Waals surface area contributed by atoms with Crippen LogP contribution in [0.15, 0.2) is 24.3 Å². The van der Waals surface area contributed by atoms with Crippen molar-refractivity contribution in [2.45, 2.75) is 6.92 Å². The van der Waals surface area contributed by atoms with Crippen LogP contribution in [-0.2, 0) is 0 Å². The van der Waals surface area contributed by atoms with E-state index in [4.69, 9.17) is 5.26 Å². The Balaban J connectivity index is 2.73. The quantitative estimate of drug-likeness (QED) is 0.799. The molecule has 0 aromatic heterocycles. The number of hydrogen-bond acceptors (Lipinski definition) is 2. The van der Waals surface area contributed by atoms with Crippen molar-refractivity contribution in [3.05, 3.63) is 29.8 Å². The molecule has 4 nitrogen and oxygen atoms in total. The van der Waals surface area contributed by atoms with E-state index in [1.807, 2.05) is 13.0 Å². The van der Waals surface area contributed by atoms with Crippen LogP contribution < -0.4 is 5.32 Å². The normalized spacial score (nSPS) is 9.13. The van der Waals surface area contributed by atoms with Gasteiger partial charge in [-0.3, -0.25) is 0 Å². The van der Waals surface area contributed by atoms with Crippen LogP contribution >= 0.6 is 0 Å². The van der Waals surface area contributed by atoms with Gasteiger partial charge in [0.05, 0.1) is 11.6 Å². The number of anilines is 1. The number of carbonyl (C=O) groups is 1. The number of hydrogen-bond donors (Lipinski definition) is 1. The highest BCUT2D eigenvalue weighted by molar-refractivity contribution is 5.89. The van der Waals surface area contributed by atoms with E-state index >= 15 is 0 Å². The van der Waals surface area contributed by atoms with Gasteiger partial charge in [0.25, 0.3) is 0 Å². The molecule has 0 fully saturated rings. The summed E-state index contributed by atoms with van der Waals surface area (Å²) >= 11 is 0. The molecule has 0 aliphatic rings. The molecule has 0 saturated carbocycles. The van der Waals surface area contributed by atoms with Gasteiger partial charge < -0.3 is 10.2 Å². The van der Waals surface area contributed by atoms with E-state index < -0.39 is 0 Å². The zero-order valence-electron chi connectivity index (χ0n) is 8.82. The van der Waals surface area contributed by atoms with Crippen LogP contribution in [0.4, 0.5) is 10.5 Å². The predicted molar refractivity (Wildman–Crippen MR) is 58.5 cm³/mol. The molecule has 1 aromatic rings. The molecule has 0 aliphatic heterocycles. The molecule has 0 heterocycles. The average Bonchev–Trinajstić information content (AvgIpc) is 2.28. The van der Waals surface area contributed by atoms with E-state index in [2.05, 4.69) is 5.32 Å². The Hall–Kier alpha value is -2.02. The van der Waals surface area contributed by atoms with E-state index in [9.17, 15) is 4.79 Å². The number of benzene rings is 1. The maximum Gasteiger partial charge on any atom is 0.321 e. The highest BCUT2D eigenvalue weighted by Crippen LogP contribution is 2.10. The lowest BCUT2D eigenvalue weighted by molar-refractivity contribution is 0.224. The van der Waals surface area contributed by atoms with Gasteiger partial charge in [0, 0.05) is 19.3 Å². The van der Waals surface area contributed by atoms with E-state index in [-0.39, 0.29) is 6.03 Å². The molecule has 78 valence electrons. The fraction of sp³-hybridized carbons (Fsp3) is 0.273. The molecule has 0 spiro atoms. The van der Waals surface area contributed by atoms with Crippen molar-refractivity contribution in [2.24, 2.45) is 0 Å². The monoisotopic (exact) mass is 203 g/mol. The average molecular weight is 203 g/mol. The molecule has 0 saturated heterocycles. The lowest BCUT2D eigenvalue weighted by atomic mass is 10.2. The van der Waals surface area contributed by atoms with Crippen LogP contribution in [0, 0.1) is 11.3 Å². The third-order valence-electron chi connectivity index (χ3n) is 2.06. The van der Waals surface area contributed by atoms with Gasteiger partial charge in [-0.25, -0.2) is 4.79 Å². The number of carbonyl (C=O) groups excluding carboxylic acids is 1. The van der Waals surface area contributed by atoms with Gasteiger partial charge in [0.1, 0.15) is 0 Å². The summed E-state index contributed by atoms with van der Waals surface area (Å²) in [6.45, 7) is 2.54. The van der Waals surface area contributed by atoms with Crippen molar-refractivity contribution >= 4 is 11.7 Å². The Labute approximate surface area is 89.1 Å².